The smallest absolute Gasteiger partial charge is 0.262 e. The first-order valence-electron chi connectivity index (χ1n) is 7.32. The lowest BCUT2D eigenvalue weighted by Gasteiger charge is -2.18. The number of hydrogen-bond donors (Lipinski definition) is 2. The lowest BCUT2D eigenvalue weighted by molar-refractivity contribution is -0.118. The van der Waals surface area contributed by atoms with Crippen LogP contribution >= 0.6 is 23.2 Å². The molecule has 2 aromatic carbocycles. The highest BCUT2D eigenvalue weighted by atomic mass is 35.5. The third-order valence-electron chi connectivity index (χ3n) is 3.52. The van der Waals surface area contributed by atoms with E-state index in [-0.39, 0.29) is 18.4 Å². The van der Waals surface area contributed by atoms with Crippen molar-refractivity contribution in [2.75, 3.05) is 17.2 Å². The maximum absolute atomic E-state index is 12.0. The van der Waals surface area contributed by atoms with Crippen molar-refractivity contribution in [3.8, 4) is 5.75 Å². The highest BCUT2D eigenvalue weighted by molar-refractivity contribution is 6.42. The van der Waals surface area contributed by atoms with Crippen molar-refractivity contribution in [1.82, 2.24) is 0 Å². The molecule has 2 N–H and O–H groups in total. The fourth-order valence-electron chi connectivity index (χ4n) is 2.34. The molecule has 7 heteroatoms. The molecule has 1 heterocycles. The largest absolute Gasteiger partial charge is 0.482 e. The van der Waals surface area contributed by atoms with Gasteiger partial charge in [-0.05, 0) is 42.3 Å². The zero-order valence-corrected chi connectivity index (χ0v) is 14.1. The Morgan fingerprint density at radius 3 is 2.79 bits per heavy atom. The summed E-state index contributed by atoms with van der Waals surface area (Å²) in [5.41, 5.74) is 2.16. The van der Waals surface area contributed by atoms with Gasteiger partial charge in [-0.2, -0.15) is 0 Å². The lowest BCUT2D eigenvalue weighted by Crippen LogP contribution is -2.25. The SMILES string of the molecule is O=C(CCc1ccc2c(c1)NC(=O)CO2)Nc1ccc(Cl)c(Cl)c1. The third kappa shape index (κ3) is 3.99. The molecule has 1 aliphatic rings. The van der Waals surface area contributed by atoms with E-state index in [1.807, 2.05) is 12.1 Å². The third-order valence-corrected chi connectivity index (χ3v) is 4.26. The molecule has 2 aromatic rings. The van der Waals surface area contributed by atoms with Crippen molar-refractivity contribution in [1.29, 1.82) is 0 Å². The van der Waals surface area contributed by atoms with Crippen molar-refractivity contribution < 1.29 is 14.3 Å². The molecule has 0 saturated carbocycles. The highest BCUT2D eigenvalue weighted by Crippen LogP contribution is 2.29. The quantitative estimate of drug-likeness (QED) is 0.864. The molecule has 0 atom stereocenters. The van der Waals surface area contributed by atoms with E-state index in [9.17, 15) is 9.59 Å². The van der Waals surface area contributed by atoms with Crippen LogP contribution in [0.2, 0.25) is 10.0 Å². The van der Waals surface area contributed by atoms with Gasteiger partial charge in [0.1, 0.15) is 5.75 Å². The fourth-order valence-corrected chi connectivity index (χ4v) is 2.64. The Kier molecular flexibility index (Phi) is 4.92. The summed E-state index contributed by atoms with van der Waals surface area (Å²) in [4.78, 5) is 23.4. The predicted molar refractivity (Wildman–Crippen MR) is 94.0 cm³/mol. The summed E-state index contributed by atoms with van der Waals surface area (Å²) in [7, 11) is 0. The van der Waals surface area contributed by atoms with Gasteiger partial charge >= 0.3 is 0 Å². The van der Waals surface area contributed by atoms with Crippen LogP contribution in [0.25, 0.3) is 0 Å². The number of hydrogen-bond acceptors (Lipinski definition) is 3. The molecule has 0 spiro atoms. The summed E-state index contributed by atoms with van der Waals surface area (Å²) in [6.07, 6.45) is 0.837. The average molecular weight is 365 g/mol. The van der Waals surface area contributed by atoms with Crippen LogP contribution in [-0.4, -0.2) is 18.4 Å². The molecule has 0 saturated heterocycles. The van der Waals surface area contributed by atoms with E-state index in [2.05, 4.69) is 10.6 Å². The maximum Gasteiger partial charge on any atom is 0.262 e. The molecule has 0 bridgehead atoms. The number of carbonyl (C=O) groups excluding carboxylic acids is 2. The van der Waals surface area contributed by atoms with Gasteiger partial charge in [0.15, 0.2) is 6.61 Å². The first-order chi connectivity index (χ1) is 11.5. The molecule has 124 valence electrons. The van der Waals surface area contributed by atoms with Crippen molar-refractivity contribution in [2.45, 2.75) is 12.8 Å². The Bertz CT molecular complexity index is 808. The summed E-state index contributed by atoms with van der Waals surface area (Å²) in [6.45, 7) is 0.0262. The van der Waals surface area contributed by atoms with E-state index in [4.69, 9.17) is 27.9 Å². The molecule has 2 amide bonds. The molecular formula is C17H14Cl2N2O3. The van der Waals surface area contributed by atoms with Crippen LogP contribution in [0, 0.1) is 0 Å². The van der Waals surface area contributed by atoms with Crippen LogP contribution in [0.4, 0.5) is 11.4 Å². The molecule has 5 nitrogen and oxygen atoms in total. The predicted octanol–water partition coefficient (Wildman–Crippen LogP) is 3.90. The van der Waals surface area contributed by atoms with Gasteiger partial charge in [-0.1, -0.05) is 29.3 Å². The molecule has 24 heavy (non-hydrogen) atoms. The van der Waals surface area contributed by atoms with Crippen LogP contribution in [0.1, 0.15) is 12.0 Å². The molecule has 0 radical (unpaired) electrons. The van der Waals surface area contributed by atoms with Gasteiger partial charge in [-0.3, -0.25) is 9.59 Å². The Hall–Kier alpha value is -2.24. The van der Waals surface area contributed by atoms with Gasteiger partial charge < -0.3 is 15.4 Å². The summed E-state index contributed by atoms with van der Waals surface area (Å²) in [6, 6.07) is 10.4. The second-order valence-corrected chi connectivity index (χ2v) is 6.16. The number of halogens is 2. The minimum absolute atomic E-state index is 0.0262. The van der Waals surface area contributed by atoms with Crippen LogP contribution in [0.15, 0.2) is 36.4 Å². The van der Waals surface area contributed by atoms with Crippen molar-refractivity contribution in [3.05, 3.63) is 52.0 Å². The number of rotatable bonds is 4. The molecular weight excluding hydrogens is 351 g/mol. The van der Waals surface area contributed by atoms with Gasteiger partial charge in [-0.15, -0.1) is 0 Å². The summed E-state index contributed by atoms with van der Waals surface area (Å²) in [5.74, 6) is 0.321. The van der Waals surface area contributed by atoms with Gasteiger partial charge in [0.05, 0.1) is 15.7 Å². The van der Waals surface area contributed by atoms with Crippen LogP contribution in [-0.2, 0) is 16.0 Å². The van der Waals surface area contributed by atoms with Crippen molar-refractivity contribution in [3.63, 3.8) is 0 Å². The van der Waals surface area contributed by atoms with E-state index in [1.165, 1.54) is 0 Å². The Labute approximate surface area is 148 Å². The van der Waals surface area contributed by atoms with Gasteiger partial charge in [0.2, 0.25) is 5.91 Å². The summed E-state index contributed by atoms with van der Waals surface area (Å²) < 4.78 is 5.30. The minimum Gasteiger partial charge on any atom is -0.482 e. The van der Waals surface area contributed by atoms with Crippen LogP contribution < -0.4 is 15.4 Å². The van der Waals surface area contributed by atoms with Crippen molar-refractivity contribution in [2.24, 2.45) is 0 Å². The van der Waals surface area contributed by atoms with Crippen LogP contribution in [0.5, 0.6) is 5.75 Å². The van der Waals surface area contributed by atoms with Gasteiger partial charge in [-0.25, -0.2) is 0 Å². The molecule has 3 rings (SSSR count). The first kappa shape index (κ1) is 16.6. The topological polar surface area (TPSA) is 67.4 Å². The zero-order chi connectivity index (χ0) is 17.1. The Morgan fingerprint density at radius 2 is 2.00 bits per heavy atom. The highest BCUT2D eigenvalue weighted by Gasteiger charge is 2.16. The molecule has 0 aromatic heterocycles. The number of fused-ring (bicyclic) bond motifs is 1. The van der Waals surface area contributed by atoms with Gasteiger partial charge in [0, 0.05) is 12.1 Å². The summed E-state index contributed by atoms with van der Waals surface area (Å²) in [5, 5.41) is 6.35. The molecule has 0 fully saturated rings. The summed E-state index contributed by atoms with van der Waals surface area (Å²) >= 11 is 11.8. The number of anilines is 2. The average Bonchev–Trinajstić information content (AvgIpc) is 2.56. The molecule has 0 unspecified atom stereocenters. The number of amides is 2. The minimum atomic E-state index is -0.183. The van der Waals surface area contributed by atoms with Gasteiger partial charge in [0.25, 0.3) is 5.91 Å². The first-order valence-corrected chi connectivity index (χ1v) is 8.07. The Morgan fingerprint density at radius 1 is 1.17 bits per heavy atom. The van der Waals surface area contributed by atoms with E-state index >= 15 is 0 Å². The number of aryl methyl sites for hydroxylation is 1. The lowest BCUT2D eigenvalue weighted by atomic mass is 10.1. The normalized spacial score (nSPS) is 12.8. The van der Waals surface area contributed by atoms with E-state index < -0.39 is 0 Å². The fraction of sp³-hybridized carbons (Fsp3) is 0.176. The zero-order valence-electron chi connectivity index (χ0n) is 12.6. The van der Waals surface area contributed by atoms with Crippen LogP contribution in [0.3, 0.4) is 0 Å². The number of ether oxygens (including phenoxy) is 1. The van der Waals surface area contributed by atoms with E-state index in [0.29, 0.717) is 40.0 Å². The standard InChI is InChI=1S/C17H14Cl2N2O3/c18-12-4-3-11(8-13(12)19)20-16(22)6-2-10-1-5-15-14(7-10)21-17(23)9-24-15/h1,3-5,7-8H,2,6,9H2,(H,20,22)(H,21,23). The monoisotopic (exact) mass is 364 g/mol. The maximum atomic E-state index is 12.0. The Balaban J connectivity index is 1.59. The molecule has 0 aliphatic carbocycles. The van der Waals surface area contributed by atoms with E-state index in [1.54, 1.807) is 24.3 Å². The van der Waals surface area contributed by atoms with E-state index in [0.717, 1.165) is 5.56 Å². The number of carbonyl (C=O) groups is 2. The number of nitrogens with one attached hydrogen (secondary N) is 2. The molecule has 1 aliphatic heterocycles. The van der Waals surface area contributed by atoms with Crippen molar-refractivity contribution >= 4 is 46.4 Å². The second kappa shape index (κ2) is 7.11. The second-order valence-electron chi connectivity index (χ2n) is 5.34. The number of benzene rings is 2.